The zero-order chi connectivity index (χ0) is 20.3. The van der Waals surface area contributed by atoms with Crippen LogP contribution in [0.15, 0.2) is 36.2 Å². The molecule has 0 unspecified atom stereocenters. The van der Waals surface area contributed by atoms with Crippen LogP contribution in [0, 0.1) is 12.3 Å². The summed E-state index contributed by atoms with van der Waals surface area (Å²) in [5, 5.41) is 5.69. The van der Waals surface area contributed by atoms with Crippen molar-refractivity contribution in [2.45, 2.75) is 27.2 Å². The van der Waals surface area contributed by atoms with Crippen molar-refractivity contribution in [3.05, 3.63) is 41.9 Å². The van der Waals surface area contributed by atoms with Crippen LogP contribution in [-0.2, 0) is 4.79 Å². The second-order valence-electron chi connectivity index (χ2n) is 7.18. The Morgan fingerprint density at radius 3 is 2.75 bits per heavy atom. The molecular formula is C20H23N5O3. The van der Waals surface area contributed by atoms with Gasteiger partial charge in [0.2, 0.25) is 0 Å². The zero-order valence-corrected chi connectivity index (χ0v) is 16.4. The normalized spacial score (nSPS) is 15.1. The number of allylic oxidation sites excluding steroid dienone is 1. The molecule has 2 aromatic heterocycles. The molecule has 8 heteroatoms. The maximum atomic E-state index is 12.6. The first kappa shape index (κ1) is 19.4. The van der Waals surface area contributed by atoms with Gasteiger partial charge in [-0.1, -0.05) is 13.8 Å². The molecule has 2 aromatic rings. The number of urea groups is 1. The quantitative estimate of drug-likeness (QED) is 0.786. The van der Waals surface area contributed by atoms with Crippen LogP contribution < -0.4 is 15.4 Å². The molecule has 2 N–H and O–H groups in total. The summed E-state index contributed by atoms with van der Waals surface area (Å²) in [6.07, 6.45) is 2.36. The Morgan fingerprint density at radius 1 is 1.29 bits per heavy atom. The van der Waals surface area contributed by atoms with Gasteiger partial charge in [0, 0.05) is 31.3 Å². The van der Waals surface area contributed by atoms with Crippen LogP contribution in [0.1, 0.15) is 26.0 Å². The minimum atomic E-state index is -0.391. The number of aryl methyl sites for hydroxylation is 1. The van der Waals surface area contributed by atoms with Gasteiger partial charge in [0.1, 0.15) is 34.8 Å². The van der Waals surface area contributed by atoms with Crippen LogP contribution in [-0.4, -0.2) is 40.4 Å². The van der Waals surface area contributed by atoms with E-state index in [0.717, 1.165) is 0 Å². The monoisotopic (exact) mass is 381 g/mol. The molecule has 3 heterocycles. The van der Waals surface area contributed by atoms with Crippen molar-refractivity contribution < 1.29 is 14.3 Å². The SMILES string of the molecule is CNc1cc(Oc2ccc(NC(=O)N3CCC(C)(C)C3=C=O)nc2C)ccn1. The topological polar surface area (TPSA) is 96.5 Å². The Labute approximate surface area is 163 Å². The molecule has 1 aliphatic heterocycles. The van der Waals surface area contributed by atoms with Gasteiger partial charge in [-0.05, 0) is 31.5 Å². The van der Waals surface area contributed by atoms with Gasteiger partial charge < -0.3 is 10.1 Å². The van der Waals surface area contributed by atoms with E-state index in [9.17, 15) is 9.59 Å². The molecule has 1 saturated heterocycles. The summed E-state index contributed by atoms with van der Waals surface area (Å²) >= 11 is 0. The van der Waals surface area contributed by atoms with E-state index in [0.29, 0.717) is 47.5 Å². The molecule has 8 nitrogen and oxygen atoms in total. The number of likely N-dealkylation sites (tertiary alicyclic amines) is 1. The van der Waals surface area contributed by atoms with Crippen LogP contribution in [0.4, 0.5) is 16.4 Å². The van der Waals surface area contributed by atoms with E-state index < -0.39 is 6.03 Å². The average Bonchev–Trinajstić information content (AvgIpc) is 2.98. The summed E-state index contributed by atoms with van der Waals surface area (Å²) in [5.41, 5.74) is 0.616. The number of hydrogen-bond acceptors (Lipinski definition) is 6. The van der Waals surface area contributed by atoms with Crippen molar-refractivity contribution in [3.8, 4) is 11.5 Å². The highest BCUT2D eigenvalue weighted by Crippen LogP contribution is 2.38. The number of anilines is 2. The maximum absolute atomic E-state index is 12.6. The number of carbonyl (C=O) groups is 1. The molecule has 28 heavy (non-hydrogen) atoms. The van der Waals surface area contributed by atoms with Crippen LogP contribution >= 0.6 is 0 Å². The van der Waals surface area contributed by atoms with E-state index >= 15 is 0 Å². The second-order valence-corrected chi connectivity index (χ2v) is 7.18. The highest BCUT2D eigenvalue weighted by Gasteiger charge is 2.39. The third-order valence-corrected chi connectivity index (χ3v) is 4.70. The fourth-order valence-electron chi connectivity index (χ4n) is 3.02. The Morgan fingerprint density at radius 2 is 2.07 bits per heavy atom. The molecule has 1 aliphatic rings. The molecule has 3 rings (SSSR count). The largest absolute Gasteiger partial charge is 0.455 e. The fraction of sp³-hybridized carbons (Fsp3) is 0.350. The molecular weight excluding hydrogens is 358 g/mol. The van der Waals surface area contributed by atoms with Crippen molar-refractivity contribution in [1.82, 2.24) is 14.9 Å². The number of nitrogens with zero attached hydrogens (tertiary/aromatic N) is 3. The van der Waals surface area contributed by atoms with Crippen molar-refractivity contribution in [2.75, 3.05) is 24.2 Å². The number of hydrogen-bond donors (Lipinski definition) is 2. The average molecular weight is 381 g/mol. The fourth-order valence-corrected chi connectivity index (χ4v) is 3.02. The first-order chi connectivity index (χ1) is 13.3. The third-order valence-electron chi connectivity index (χ3n) is 4.70. The van der Waals surface area contributed by atoms with Gasteiger partial charge in [-0.15, -0.1) is 0 Å². The number of nitrogens with one attached hydrogen (secondary N) is 2. The van der Waals surface area contributed by atoms with Crippen molar-refractivity contribution in [3.63, 3.8) is 0 Å². The molecule has 2 amide bonds. The predicted octanol–water partition coefficient (Wildman–Crippen LogP) is 3.60. The van der Waals surface area contributed by atoms with E-state index in [-0.39, 0.29) is 5.41 Å². The van der Waals surface area contributed by atoms with E-state index in [4.69, 9.17) is 4.74 Å². The summed E-state index contributed by atoms with van der Waals surface area (Å²) < 4.78 is 5.85. The Kier molecular flexibility index (Phi) is 5.33. The van der Waals surface area contributed by atoms with Gasteiger partial charge in [-0.25, -0.2) is 19.6 Å². The van der Waals surface area contributed by atoms with Gasteiger partial charge in [0.15, 0.2) is 0 Å². The van der Waals surface area contributed by atoms with Crippen LogP contribution in [0.2, 0.25) is 0 Å². The molecule has 146 valence electrons. The Hall–Kier alpha value is -3.38. The van der Waals surface area contributed by atoms with Crippen molar-refractivity contribution in [2.24, 2.45) is 5.41 Å². The van der Waals surface area contributed by atoms with Gasteiger partial charge in [0.05, 0.1) is 5.69 Å². The molecule has 1 fully saturated rings. The lowest BCUT2D eigenvalue weighted by Crippen LogP contribution is -2.33. The molecule has 0 spiro atoms. The lowest BCUT2D eigenvalue weighted by molar-refractivity contribution is 0.228. The number of amides is 2. The molecule has 0 saturated carbocycles. The summed E-state index contributed by atoms with van der Waals surface area (Å²) in [6, 6.07) is 6.53. The van der Waals surface area contributed by atoms with Crippen LogP contribution in [0.5, 0.6) is 11.5 Å². The predicted molar refractivity (Wildman–Crippen MR) is 106 cm³/mol. The standard InChI is InChI=1S/C20H23N5O3/c1-13-15(28-14-7-9-22-18(11-14)21-4)5-6-17(23-13)24-19(27)25-10-8-20(2,3)16(25)12-26/h5-7,9,11H,8,10H2,1-4H3,(H,21,22)(H,23,24,27). The van der Waals surface area contributed by atoms with E-state index in [1.165, 1.54) is 4.90 Å². The molecule has 0 radical (unpaired) electrons. The minimum Gasteiger partial charge on any atom is -0.455 e. The summed E-state index contributed by atoms with van der Waals surface area (Å²) in [5.74, 6) is 4.19. The number of aromatic nitrogens is 2. The van der Waals surface area contributed by atoms with Crippen LogP contribution in [0.3, 0.4) is 0 Å². The molecule has 0 aromatic carbocycles. The smallest absolute Gasteiger partial charge is 0.327 e. The first-order valence-corrected chi connectivity index (χ1v) is 8.97. The third kappa shape index (κ3) is 3.97. The first-order valence-electron chi connectivity index (χ1n) is 8.97. The minimum absolute atomic E-state index is 0.361. The lowest BCUT2D eigenvalue weighted by atomic mass is 9.90. The second kappa shape index (κ2) is 7.70. The van der Waals surface area contributed by atoms with Crippen molar-refractivity contribution in [1.29, 1.82) is 0 Å². The lowest BCUT2D eigenvalue weighted by Gasteiger charge is -2.21. The van der Waals surface area contributed by atoms with Gasteiger partial charge in [0.25, 0.3) is 0 Å². The van der Waals surface area contributed by atoms with Crippen LogP contribution in [0.25, 0.3) is 0 Å². The molecule has 0 atom stereocenters. The summed E-state index contributed by atoms with van der Waals surface area (Å²) in [4.78, 5) is 33.8. The van der Waals surface area contributed by atoms with E-state index in [1.54, 1.807) is 44.4 Å². The Bertz CT molecular complexity index is 951. The van der Waals surface area contributed by atoms with Gasteiger partial charge in [-0.2, -0.15) is 0 Å². The van der Waals surface area contributed by atoms with E-state index in [2.05, 4.69) is 20.6 Å². The zero-order valence-electron chi connectivity index (χ0n) is 16.4. The highest BCUT2D eigenvalue weighted by molar-refractivity contribution is 5.91. The number of rotatable bonds is 4. The number of carbonyl (C=O) groups excluding carboxylic acids is 2. The summed E-state index contributed by atoms with van der Waals surface area (Å²) in [6.45, 7) is 6.11. The number of pyridine rings is 2. The van der Waals surface area contributed by atoms with Crippen molar-refractivity contribution >= 4 is 23.6 Å². The summed E-state index contributed by atoms with van der Waals surface area (Å²) in [7, 11) is 1.78. The van der Waals surface area contributed by atoms with Gasteiger partial charge in [-0.3, -0.25) is 10.2 Å². The molecule has 0 aliphatic carbocycles. The molecule has 0 bridgehead atoms. The maximum Gasteiger partial charge on any atom is 0.327 e. The number of ether oxygens (including phenoxy) is 1. The van der Waals surface area contributed by atoms with E-state index in [1.807, 2.05) is 19.8 Å². The van der Waals surface area contributed by atoms with Gasteiger partial charge >= 0.3 is 6.03 Å². The highest BCUT2D eigenvalue weighted by atomic mass is 16.5. The Balaban J connectivity index is 1.72.